The topological polar surface area (TPSA) is 64.1 Å². The third-order valence-electron chi connectivity index (χ3n) is 3.45. The number of rotatable bonds is 4. The first-order chi connectivity index (χ1) is 9.84. The van der Waals surface area contributed by atoms with Gasteiger partial charge >= 0.3 is 0 Å². The molecular formula is C14H15N3O2S. The molecule has 1 fully saturated rings. The zero-order valence-electron chi connectivity index (χ0n) is 10.9. The van der Waals surface area contributed by atoms with Crippen molar-refractivity contribution in [2.45, 2.75) is 12.5 Å². The summed E-state index contributed by atoms with van der Waals surface area (Å²) in [6, 6.07) is 10.1. The summed E-state index contributed by atoms with van der Waals surface area (Å²) >= 11 is 1.11. The third kappa shape index (κ3) is 2.86. The zero-order chi connectivity index (χ0) is 13.8. The largest absolute Gasteiger partial charge is 0.373 e. The minimum absolute atomic E-state index is 0.0658. The van der Waals surface area contributed by atoms with E-state index in [1.54, 1.807) is 0 Å². The molecule has 0 radical (unpaired) electrons. The minimum Gasteiger partial charge on any atom is -0.373 e. The van der Waals surface area contributed by atoms with Gasteiger partial charge in [-0.2, -0.15) is 0 Å². The monoisotopic (exact) mass is 289 g/mol. The molecule has 0 saturated carbocycles. The molecule has 20 heavy (non-hydrogen) atoms. The molecule has 1 aromatic carbocycles. The summed E-state index contributed by atoms with van der Waals surface area (Å²) in [6.07, 6.45) is 2.51. The van der Waals surface area contributed by atoms with E-state index in [9.17, 15) is 4.79 Å². The molecule has 1 aromatic heterocycles. The van der Waals surface area contributed by atoms with Crippen LogP contribution in [0.4, 0.5) is 0 Å². The summed E-state index contributed by atoms with van der Waals surface area (Å²) < 4.78 is 9.49. The maximum absolute atomic E-state index is 11.9. The molecule has 2 aromatic rings. The van der Waals surface area contributed by atoms with Crippen molar-refractivity contribution in [2.24, 2.45) is 5.92 Å². The number of nitrogens with one attached hydrogen (secondary N) is 1. The lowest BCUT2D eigenvalue weighted by Crippen LogP contribution is -2.30. The van der Waals surface area contributed by atoms with Gasteiger partial charge in [-0.05, 0) is 23.5 Å². The van der Waals surface area contributed by atoms with E-state index in [-0.39, 0.29) is 12.0 Å². The Hall–Kier alpha value is -1.79. The summed E-state index contributed by atoms with van der Waals surface area (Å²) in [6.45, 7) is 1.35. The lowest BCUT2D eigenvalue weighted by atomic mass is 9.95. The second-order valence-electron chi connectivity index (χ2n) is 4.74. The molecular weight excluding hydrogens is 274 g/mol. The van der Waals surface area contributed by atoms with E-state index in [0.29, 0.717) is 17.3 Å². The molecule has 0 aliphatic carbocycles. The molecule has 0 bridgehead atoms. The van der Waals surface area contributed by atoms with Crippen LogP contribution >= 0.6 is 11.5 Å². The van der Waals surface area contributed by atoms with Crippen LogP contribution in [0, 0.1) is 5.92 Å². The first-order valence-electron chi connectivity index (χ1n) is 6.56. The first kappa shape index (κ1) is 13.2. The second-order valence-corrected chi connectivity index (χ2v) is 5.53. The number of benzene rings is 1. The number of aromatic nitrogens is 2. The Balaban J connectivity index is 1.61. The standard InChI is InChI=1S/C14H15N3O2S/c18-14(12-9-16-17-20-12)15-8-11-6-7-19-13(11)10-4-2-1-3-5-10/h1-5,9,11,13H,6-8H2,(H,15,18)/t11-,13-/m1/s1. The Kier molecular flexibility index (Phi) is 4.03. The quantitative estimate of drug-likeness (QED) is 0.935. The molecule has 2 atom stereocenters. The average Bonchev–Trinajstić information content (AvgIpc) is 3.17. The maximum atomic E-state index is 11.9. The SMILES string of the molecule is O=C(NC[C@H]1CCO[C@@H]1c1ccccc1)c1cnns1. The van der Waals surface area contributed by atoms with E-state index < -0.39 is 0 Å². The van der Waals surface area contributed by atoms with Crippen molar-refractivity contribution in [1.29, 1.82) is 0 Å². The van der Waals surface area contributed by atoms with Gasteiger partial charge in [0.1, 0.15) is 4.88 Å². The van der Waals surface area contributed by atoms with E-state index in [2.05, 4.69) is 27.0 Å². The Morgan fingerprint density at radius 3 is 3.00 bits per heavy atom. The molecule has 6 heteroatoms. The number of ether oxygens (including phenoxy) is 1. The van der Waals surface area contributed by atoms with Crippen LogP contribution < -0.4 is 5.32 Å². The lowest BCUT2D eigenvalue weighted by molar-refractivity contribution is 0.0848. The van der Waals surface area contributed by atoms with Crippen molar-refractivity contribution < 1.29 is 9.53 Å². The molecule has 1 aliphatic rings. The molecule has 2 heterocycles. The van der Waals surface area contributed by atoms with Crippen molar-refractivity contribution in [3.63, 3.8) is 0 Å². The molecule has 0 unspecified atom stereocenters. The van der Waals surface area contributed by atoms with Crippen molar-refractivity contribution in [3.8, 4) is 0 Å². The minimum atomic E-state index is -0.112. The summed E-state index contributed by atoms with van der Waals surface area (Å²) in [4.78, 5) is 12.4. The van der Waals surface area contributed by atoms with E-state index in [0.717, 1.165) is 24.6 Å². The molecule has 1 aliphatic heterocycles. The number of hydrogen-bond acceptors (Lipinski definition) is 5. The van der Waals surface area contributed by atoms with Crippen molar-refractivity contribution in [3.05, 3.63) is 47.0 Å². The number of nitrogens with zero attached hydrogens (tertiary/aromatic N) is 2. The smallest absolute Gasteiger partial charge is 0.264 e. The lowest BCUT2D eigenvalue weighted by Gasteiger charge is -2.19. The third-order valence-corrected chi connectivity index (χ3v) is 4.12. The highest BCUT2D eigenvalue weighted by Crippen LogP contribution is 2.33. The van der Waals surface area contributed by atoms with Crippen LogP contribution in [0.2, 0.25) is 0 Å². The fourth-order valence-electron chi connectivity index (χ4n) is 2.43. The zero-order valence-corrected chi connectivity index (χ0v) is 11.7. The van der Waals surface area contributed by atoms with Crippen molar-refractivity contribution in [2.75, 3.05) is 13.2 Å². The molecule has 104 valence electrons. The maximum Gasteiger partial charge on any atom is 0.264 e. The Morgan fingerprint density at radius 1 is 1.40 bits per heavy atom. The summed E-state index contributed by atoms with van der Waals surface area (Å²) in [7, 11) is 0. The molecule has 3 rings (SSSR count). The van der Waals surface area contributed by atoms with E-state index in [1.807, 2.05) is 18.2 Å². The van der Waals surface area contributed by atoms with Crippen LogP contribution in [-0.2, 0) is 4.74 Å². The normalized spacial score (nSPS) is 21.8. The molecule has 0 spiro atoms. The molecule has 1 saturated heterocycles. The number of carbonyl (C=O) groups excluding carboxylic acids is 1. The highest BCUT2D eigenvalue weighted by molar-refractivity contribution is 7.07. The predicted molar refractivity (Wildman–Crippen MR) is 75.5 cm³/mol. The molecule has 1 amide bonds. The summed E-state index contributed by atoms with van der Waals surface area (Å²) in [5, 5.41) is 6.61. The second kappa shape index (κ2) is 6.11. The molecule has 5 nitrogen and oxygen atoms in total. The van der Waals surface area contributed by atoms with E-state index >= 15 is 0 Å². The van der Waals surface area contributed by atoms with Crippen LogP contribution in [0.1, 0.15) is 27.8 Å². The van der Waals surface area contributed by atoms with Gasteiger partial charge < -0.3 is 10.1 Å². The van der Waals surface area contributed by atoms with Crippen molar-refractivity contribution in [1.82, 2.24) is 14.9 Å². The van der Waals surface area contributed by atoms with Gasteiger partial charge in [0.05, 0.1) is 12.3 Å². The van der Waals surface area contributed by atoms with Crippen LogP contribution in [0.5, 0.6) is 0 Å². The number of carbonyl (C=O) groups is 1. The molecule has 1 N–H and O–H groups in total. The fraction of sp³-hybridized carbons (Fsp3) is 0.357. The van der Waals surface area contributed by atoms with Gasteiger partial charge in [0.15, 0.2) is 0 Å². The van der Waals surface area contributed by atoms with Crippen LogP contribution in [0.15, 0.2) is 36.5 Å². The van der Waals surface area contributed by atoms with E-state index in [1.165, 1.54) is 11.8 Å². The highest BCUT2D eigenvalue weighted by Gasteiger charge is 2.29. The average molecular weight is 289 g/mol. The summed E-state index contributed by atoms with van der Waals surface area (Å²) in [5.41, 5.74) is 1.17. The first-order valence-corrected chi connectivity index (χ1v) is 7.34. The van der Waals surface area contributed by atoms with Gasteiger partial charge in [0.25, 0.3) is 5.91 Å². The van der Waals surface area contributed by atoms with Gasteiger partial charge in [0, 0.05) is 19.1 Å². The van der Waals surface area contributed by atoms with Gasteiger partial charge in [-0.25, -0.2) is 0 Å². The highest BCUT2D eigenvalue weighted by atomic mass is 32.1. The predicted octanol–water partition coefficient (Wildman–Crippen LogP) is 2.05. The van der Waals surface area contributed by atoms with Crippen LogP contribution in [0.25, 0.3) is 0 Å². The van der Waals surface area contributed by atoms with Gasteiger partial charge in [0.2, 0.25) is 0 Å². The number of amides is 1. The Labute approximate surface area is 121 Å². The van der Waals surface area contributed by atoms with E-state index in [4.69, 9.17) is 4.74 Å². The van der Waals surface area contributed by atoms with Crippen LogP contribution in [0.3, 0.4) is 0 Å². The van der Waals surface area contributed by atoms with Gasteiger partial charge in [-0.1, -0.05) is 34.8 Å². The Morgan fingerprint density at radius 2 is 2.25 bits per heavy atom. The van der Waals surface area contributed by atoms with Crippen LogP contribution in [-0.4, -0.2) is 28.6 Å². The Bertz CT molecular complexity index is 559. The summed E-state index contributed by atoms with van der Waals surface area (Å²) in [5.74, 6) is 0.195. The van der Waals surface area contributed by atoms with Gasteiger partial charge in [-0.3, -0.25) is 4.79 Å². The number of hydrogen-bond donors (Lipinski definition) is 1. The fourth-order valence-corrected chi connectivity index (χ4v) is 2.86. The van der Waals surface area contributed by atoms with Crippen molar-refractivity contribution >= 4 is 17.4 Å². The van der Waals surface area contributed by atoms with Gasteiger partial charge in [-0.15, -0.1) is 5.10 Å².